The Morgan fingerprint density at radius 3 is 2.62 bits per heavy atom. The van der Waals surface area contributed by atoms with E-state index in [0.717, 1.165) is 33.6 Å². The standard InChI is InChI=1S/C19H22BrNO4S/c1-24-14-7-6-12(11-15(14)25-2)18(16-8-9-17(20)26-16)21-10-4-3-5-13(21)19(22)23/h6-9,11,13,18H,3-5,10H2,1-2H3,(H,22,23). The molecule has 0 amide bonds. The second-order valence-corrected chi connectivity index (χ2v) is 8.74. The van der Waals surface area contributed by atoms with Crippen LogP contribution < -0.4 is 9.47 Å². The minimum atomic E-state index is -0.759. The third-order valence-electron chi connectivity index (χ3n) is 4.75. The van der Waals surface area contributed by atoms with Crippen LogP contribution in [0.1, 0.15) is 35.7 Å². The lowest BCUT2D eigenvalue weighted by Gasteiger charge is -2.39. The van der Waals surface area contributed by atoms with Gasteiger partial charge in [0, 0.05) is 4.88 Å². The Labute approximate surface area is 165 Å². The number of carbonyl (C=O) groups is 1. The Morgan fingerprint density at radius 2 is 2.00 bits per heavy atom. The molecule has 2 atom stereocenters. The number of halogens is 1. The molecule has 0 radical (unpaired) electrons. The molecular formula is C19H22BrNO4S. The molecule has 140 valence electrons. The zero-order valence-corrected chi connectivity index (χ0v) is 17.2. The van der Waals surface area contributed by atoms with Crippen molar-refractivity contribution in [1.29, 1.82) is 0 Å². The Kier molecular flexibility index (Phi) is 6.21. The summed E-state index contributed by atoms with van der Waals surface area (Å²) in [4.78, 5) is 15.1. The van der Waals surface area contributed by atoms with E-state index in [1.807, 2.05) is 24.3 Å². The van der Waals surface area contributed by atoms with E-state index in [9.17, 15) is 9.90 Å². The maximum Gasteiger partial charge on any atom is 0.320 e. The van der Waals surface area contributed by atoms with E-state index in [-0.39, 0.29) is 6.04 Å². The van der Waals surface area contributed by atoms with Gasteiger partial charge in [0.1, 0.15) is 6.04 Å². The predicted molar refractivity (Wildman–Crippen MR) is 105 cm³/mol. The van der Waals surface area contributed by atoms with Crippen molar-refractivity contribution in [3.8, 4) is 11.5 Å². The van der Waals surface area contributed by atoms with Crippen LogP contribution in [0.25, 0.3) is 0 Å². The molecule has 0 saturated carbocycles. The van der Waals surface area contributed by atoms with E-state index in [0.29, 0.717) is 17.9 Å². The van der Waals surface area contributed by atoms with Crippen molar-refractivity contribution >= 4 is 33.2 Å². The van der Waals surface area contributed by atoms with Crippen LogP contribution in [0.5, 0.6) is 11.5 Å². The van der Waals surface area contributed by atoms with Gasteiger partial charge >= 0.3 is 5.97 Å². The number of methoxy groups -OCH3 is 2. The summed E-state index contributed by atoms with van der Waals surface area (Å²) in [7, 11) is 3.22. The number of benzene rings is 1. The first-order chi connectivity index (χ1) is 12.5. The minimum Gasteiger partial charge on any atom is -0.493 e. The summed E-state index contributed by atoms with van der Waals surface area (Å²) in [6, 6.07) is 9.27. The molecular weight excluding hydrogens is 418 g/mol. The van der Waals surface area contributed by atoms with Crippen LogP contribution in [-0.4, -0.2) is 42.8 Å². The van der Waals surface area contributed by atoms with Crippen molar-refractivity contribution < 1.29 is 19.4 Å². The molecule has 3 rings (SSSR count). The van der Waals surface area contributed by atoms with Crippen molar-refractivity contribution in [1.82, 2.24) is 4.90 Å². The Morgan fingerprint density at radius 1 is 1.23 bits per heavy atom. The molecule has 1 saturated heterocycles. The SMILES string of the molecule is COc1ccc(C(c2ccc(Br)s2)N2CCCCC2C(=O)O)cc1OC. The monoisotopic (exact) mass is 439 g/mol. The molecule has 1 aliphatic rings. The lowest BCUT2D eigenvalue weighted by Crippen LogP contribution is -2.46. The van der Waals surface area contributed by atoms with Crippen molar-refractivity contribution in [3.63, 3.8) is 0 Å². The fourth-order valence-corrected chi connectivity index (χ4v) is 5.12. The van der Waals surface area contributed by atoms with Crippen LogP contribution in [0.15, 0.2) is 34.1 Å². The molecule has 0 spiro atoms. The van der Waals surface area contributed by atoms with Gasteiger partial charge in [-0.2, -0.15) is 0 Å². The highest BCUT2D eigenvalue weighted by molar-refractivity contribution is 9.11. The molecule has 5 nitrogen and oxygen atoms in total. The Bertz CT molecular complexity index is 779. The normalized spacial score (nSPS) is 19.1. The number of carboxylic acids is 1. The van der Waals surface area contributed by atoms with Gasteiger partial charge in [-0.1, -0.05) is 12.5 Å². The van der Waals surface area contributed by atoms with Crippen LogP contribution in [0, 0.1) is 0 Å². The van der Waals surface area contributed by atoms with Gasteiger partial charge < -0.3 is 14.6 Å². The van der Waals surface area contributed by atoms with Gasteiger partial charge in [-0.15, -0.1) is 11.3 Å². The number of likely N-dealkylation sites (tertiary alicyclic amines) is 1. The number of ether oxygens (including phenoxy) is 2. The largest absolute Gasteiger partial charge is 0.493 e. The zero-order chi connectivity index (χ0) is 18.7. The van der Waals surface area contributed by atoms with Gasteiger partial charge in [0.05, 0.1) is 24.0 Å². The van der Waals surface area contributed by atoms with Crippen molar-refractivity contribution in [2.75, 3.05) is 20.8 Å². The second kappa shape index (κ2) is 8.41. The first kappa shape index (κ1) is 19.2. The van der Waals surface area contributed by atoms with Crippen LogP contribution in [0.3, 0.4) is 0 Å². The molecule has 26 heavy (non-hydrogen) atoms. The molecule has 2 aromatic rings. The average Bonchev–Trinajstić information content (AvgIpc) is 3.08. The fourth-order valence-electron chi connectivity index (χ4n) is 3.55. The molecule has 1 aliphatic heterocycles. The number of thiophene rings is 1. The molecule has 2 unspecified atom stereocenters. The highest BCUT2D eigenvalue weighted by Gasteiger charge is 2.36. The lowest BCUT2D eigenvalue weighted by atomic mass is 9.95. The van der Waals surface area contributed by atoms with E-state index in [2.05, 4.69) is 26.9 Å². The van der Waals surface area contributed by atoms with Gasteiger partial charge in [0.2, 0.25) is 0 Å². The highest BCUT2D eigenvalue weighted by Crippen LogP contribution is 2.41. The number of aliphatic carboxylic acids is 1. The number of hydrogen-bond acceptors (Lipinski definition) is 5. The van der Waals surface area contributed by atoms with Crippen LogP contribution >= 0.6 is 27.3 Å². The van der Waals surface area contributed by atoms with Crippen molar-refractivity contribution in [2.24, 2.45) is 0 Å². The van der Waals surface area contributed by atoms with Gasteiger partial charge in [-0.25, -0.2) is 0 Å². The number of piperidine rings is 1. The van der Waals surface area contributed by atoms with Crippen LogP contribution in [0.2, 0.25) is 0 Å². The maximum atomic E-state index is 11.9. The van der Waals surface area contributed by atoms with Crippen molar-refractivity contribution in [2.45, 2.75) is 31.3 Å². The number of rotatable bonds is 6. The summed E-state index contributed by atoms with van der Waals surface area (Å²) in [6.45, 7) is 0.755. The molecule has 0 aliphatic carbocycles. The highest BCUT2D eigenvalue weighted by atomic mass is 79.9. The van der Waals surface area contributed by atoms with Gasteiger partial charge in [-0.3, -0.25) is 9.69 Å². The fraction of sp³-hybridized carbons (Fsp3) is 0.421. The summed E-state index contributed by atoms with van der Waals surface area (Å²) >= 11 is 5.16. The first-order valence-corrected chi connectivity index (χ1v) is 10.1. The molecule has 2 heterocycles. The summed E-state index contributed by atoms with van der Waals surface area (Å²) in [5.41, 5.74) is 1.00. The van der Waals surface area contributed by atoms with Crippen LogP contribution in [-0.2, 0) is 4.79 Å². The summed E-state index contributed by atoms with van der Waals surface area (Å²) in [5, 5.41) is 9.75. The Balaban J connectivity index is 2.08. The summed E-state index contributed by atoms with van der Waals surface area (Å²) in [6.07, 6.45) is 2.62. The maximum absolute atomic E-state index is 11.9. The van der Waals surface area contributed by atoms with Gasteiger partial charge in [0.15, 0.2) is 11.5 Å². The van der Waals surface area contributed by atoms with Gasteiger partial charge in [0.25, 0.3) is 0 Å². The molecule has 7 heteroatoms. The zero-order valence-electron chi connectivity index (χ0n) is 14.8. The van der Waals surface area contributed by atoms with E-state index in [4.69, 9.17) is 9.47 Å². The average molecular weight is 440 g/mol. The Hall–Kier alpha value is -1.57. The van der Waals surface area contributed by atoms with E-state index >= 15 is 0 Å². The third-order valence-corrected chi connectivity index (χ3v) is 6.42. The lowest BCUT2D eigenvalue weighted by molar-refractivity contribution is -0.145. The molecule has 0 bridgehead atoms. The summed E-state index contributed by atoms with van der Waals surface area (Å²) in [5.74, 6) is 0.552. The van der Waals surface area contributed by atoms with Gasteiger partial charge in [-0.05, 0) is 65.1 Å². The molecule has 1 fully saturated rings. The first-order valence-electron chi connectivity index (χ1n) is 8.51. The second-order valence-electron chi connectivity index (χ2n) is 6.25. The van der Waals surface area contributed by atoms with E-state index < -0.39 is 12.0 Å². The molecule has 1 N–H and O–H groups in total. The topological polar surface area (TPSA) is 59.0 Å². The minimum absolute atomic E-state index is 0.132. The van der Waals surface area contributed by atoms with Crippen molar-refractivity contribution in [3.05, 3.63) is 44.6 Å². The smallest absolute Gasteiger partial charge is 0.320 e. The quantitative estimate of drug-likeness (QED) is 0.714. The van der Waals surface area contributed by atoms with E-state index in [1.54, 1.807) is 25.6 Å². The number of nitrogens with zero attached hydrogens (tertiary/aromatic N) is 1. The number of hydrogen-bond donors (Lipinski definition) is 1. The number of carboxylic acid groups (broad SMARTS) is 1. The van der Waals surface area contributed by atoms with Crippen LogP contribution in [0.4, 0.5) is 0 Å². The summed E-state index contributed by atoms with van der Waals surface area (Å²) < 4.78 is 11.8. The molecule has 1 aromatic heterocycles. The van der Waals surface area contributed by atoms with E-state index in [1.165, 1.54) is 0 Å². The molecule has 1 aromatic carbocycles. The third kappa shape index (κ3) is 3.89. The predicted octanol–water partition coefficient (Wildman–Crippen LogP) is 4.56.